The molecule has 25 heavy (non-hydrogen) atoms. The van der Waals surface area contributed by atoms with E-state index in [0.29, 0.717) is 0 Å². The van der Waals surface area contributed by atoms with Crippen molar-refractivity contribution in [1.29, 1.82) is 0 Å². The lowest BCUT2D eigenvalue weighted by Gasteiger charge is -2.24. The van der Waals surface area contributed by atoms with Crippen molar-refractivity contribution in [3.63, 3.8) is 0 Å². The fraction of sp³-hybridized carbons (Fsp3) is 0.348. The Hall–Kier alpha value is -2.35. The van der Waals surface area contributed by atoms with Crippen LogP contribution in [0.25, 0.3) is 0 Å². The van der Waals surface area contributed by atoms with Gasteiger partial charge >= 0.3 is 0 Å². The van der Waals surface area contributed by atoms with Crippen molar-refractivity contribution in [3.8, 4) is 0 Å². The van der Waals surface area contributed by atoms with Crippen LogP contribution in [0, 0.1) is 0 Å². The topological polar surface area (TPSA) is 20.3 Å². The molecule has 0 unspecified atom stereocenters. The van der Waals surface area contributed by atoms with Gasteiger partial charge < -0.3 is 4.90 Å². The maximum absolute atomic E-state index is 12.8. The van der Waals surface area contributed by atoms with Crippen LogP contribution in [0.3, 0.4) is 0 Å². The number of anilines is 1. The molecule has 3 rings (SSSR count). The van der Waals surface area contributed by atoms with E-state index in [1.165, 1.54) is 16.8 Å². The van der Waals surface area contributed by atoms with E-state index in [9.17, 15) is 4.79 Å². The molecule has 0 atom stereocenters. The van der Waals surface area contributed by atoms with Gasteiger partial charge in [-0.15, -0.1) is 0 Å². The fourth-order valence-corrected chi connectivity index (χ4v) is 3.60. The highest BCUT2D eigenvalue weighted by atomic mass is 16.1. The number of carbonyl (C=O) groups is 1. The molecule has 0 bridgehead atoms. The number of likely N-dealkylation sites (N-methyl/N-ethyl adjacent to an activating group) is 1. The predicted molar refractivity (Wildman–Crippen MR) is 105 cm³/mol. The van der Waals surface area contributed by atoms with Crippen molar-refractivity contribution in [2.24, 2.45) is 0 Å². The largest absolute Gasteiger partial charge is 0.347 e. The Kier molecular flexibility index (Phi) is 4.10. The summed E-state index contributed by atoms with van der Waals surface area (Å²) >= 11 is 0. The third-order valence-corrected chi connectivity index (χ3v) is 5.24. The van der Waals surface area contributed by atoms with E-state index in [0.717, 1.165) is 11.3 Å². The van der Waals surface area contributed by atoms with Gasteiger partial charge in [-0.2, -0.15) is 0 Å². The molecule has 1 aliphatic rings. The summed E-state index contributed by atoms with van der Waals surface area (Å²) in [7, 11) is 2.04. The second kappa shape index (κ2) is 5.87. The van der Waals surface area contributed by atoms with Gasteiger partial charge in [0.1, 0.15) is 0 Å². The van der Waals surface area contributed by atoms with E-state index in [1.54, 1.807) is 6.08 Å². The van der Waals surface area contributed by atoms with Gasteiger partial charge in [0.2, 0.25) is 0 Å². The molecule has 0 spiro atoms. The Labute approximate surface area is 151 Å². The fourth-order valence-electron chi connectivity index (χ4n) is 3.60. The first-order valence-corrected chi connectivity index (χ1v) is 8.82. The Morgan fingerprint density at radius 2 is 1.60 bits per heavy atom. The number of para-hydroxylation sites is 1. The van der Waals surface area contributed by atoms with Crippen molar-refractivity contribution in [3.05, 3.63) is 77.0 Å². The number of allylic oxidation sites excluding steroid dienone is 2. The van der Waals surface area contributed by atoms with Crippen LogP contribution in [0.15, 0.2) is 60.3 Å². The summed E-state index contributed by atoms with van der Waals surface area (Å²) in [5.41, 5.74) is 5.37. The lowest BCUT2D eigenvalue weighted by Crippen LogP contribution is -2.24. The summed E-state index contributed by atoms with van der Waals surface area (Å²) in [4.78, 5) is 15.0. The normalized spacial score (nSPS) is 17.7. The van der Waals surface area contributed by atoms with E-state index in [2.05, 4.69) is 69.9 Å². The summed E-state index contributed by atoms with van der Waals surface area (Å²) in [6, 6.07) is 16.4. The number of rotatable bonds is 2. The van der Waals surface area contributed by atoms with Gasteiger partial charge in [0.05, 0.1) is 0 Å². The van der Waals surface area contributed by atoms with Gasteiger partial charge in [-0.3, -0.25) is 4.79 Å². The van der Waals surface area contributed by atoms with Crippen molar-refractivity contribution in [2.75, 3.05) is 11.9 Å². The van der Waals surface area contributed by atoms with Crippen LogP contribution in [0.5, 0.6) is 0 Å². The van der Waals surface area contributed by atoms with E-state index in [4.69, 9.17) is 0 Å². The SMILES string of the molecule is CN1/C(=C\C(=O)c2ccc(C(C)(C)C)cc2)C(C)(C)c2ccccc21. The van der Waals surface area contributed by atoms with Crippen LogP contribution in [0.1, 0.15) is 56.1 Å². The quantitative estimate of drug-likeness (QED) is 0.536. The Bertz CT molecular complexity index is 835. The Balaban J connectivity index is 1.94. The molecule has 2 nitrogen and oxygen atoms in total. The third-order valence-electron chi connectivity index (χ3n) is 5.24. The zero-order valence-corrected chi connectivity index (χ0v) is 16.1. The molecule has 0 radical (unpaired) electrons. The highest BCUT2D eigenvalue weighted by Crippen LogP contribution is 2.46. The van der Waals surface area contributed by atoms with E-state index in [-0.39, 0.29) is 16.6 Å². The van der Waals surface area contributed by atoms with Gasteiger partial charge in [-0.1, -0.05) is 77.1 Å². The summed E-state index contributed by atoms with van der Waals surface area (Å²) < 4.78 is 0. The first-order valence-electron chi connectivity index (χ1n) is 8.82. The average molecular weight is 333 g/mol. The standard InChI is InChI=1S/C23H27NO/c1-22(2,3)17-13-11-16(12-14-17)20(25)15-21-23(4,5)18-9-7-8-10-19(18)24(21)6/h7-15H,1-6H3/b21-15-. The van der Waals surface area contributed by atoms with E-state index >= 15 is 0 Å². The molecule has 2 aromatic rings. The van der Waals surface area contributed by atoms with Gasteiger partial charge in [-0.25, -0.2) is 0 Å². The lowest BCUT2D eigenvalue weighted by molar-refractivity contribution is 0.104. The molecule has 130 valence electrons. The molecular formula is C23H27NO. The van der Waals surface area contributed by atoms with Crippen molar-refractivity contribution >= 4 is 11.5 Å². The minimum Gasteiger partial charge on any atom is -0.347 e. The number of hydrogen-bond acceptors (Lipinski definition) is 2. The molecule has 0 amide bonds. The first kappa shape index (κ1) is 17.5. The highest BCUT2D eigenvalue weighted by Gasteiger charge is 2.38. The van der Waals surface area contributed by atoms with E-state index in [1.807, 2.05) is 25.2 Å². The smallest absolute Gasteiger partial charge is 0.187 e. The summed E-state index contributed by atoms with van der Waals surface area (Å²) in [5, 5.41) is 0. The average Bonchev–Trinajstić information content (AvgIpc) is 2.75. The minimum absolute atomic E-state index is 0.0585. The zero-order valence-electron chi connectivity index (χ0n) is 16.1. The number of benzene rings is 2. The monoisotopic (exact) mass is 333 g/mol. The molecule has 0 fully saturated rings. The second-order valence-electron chi connectivity index (χ2n) is 8.42. The molecule has 0 saturated carbocycles. The van der Waals surface area contributed by atoms with Gasteiger partial charge in [0.25, 0.3) is 0 Å². The molecule has 0 N–H and O–H groups in total. The van der Waals surface area contributed by atoms with Gasteiger partial charge in [0.15, 0.2) is 5.78 Å². The zero-order chi connectivity index (χ0) is 18.4. The summed E-state index contributed by atoms with van der Waals surface area (Å²) in [6.07, 6.45) is 1.80. The summed E-state index contributed by atoms with van der Waals surface area (Å²) in [5.74, 6) is 0.0585. The van der Waals surface area contributed by atoms with Crippen LogP contribution in [0.4, 0.5) is 5.69 Å². The van der Waals surface area contributed by atoms with Crippen molar-refractivity contribution < 1.29 is 4.79 Å². The molecule has 0 aromatic heterocycles. The molecular weight excluding hydrogens is 306 g/mol. The van der Waals surface area contributed by atoms with E-state index < -0.39 is 0 Å². The first-order chi connectivity index (χ1) is 11.6. The van der Waals surface area contributed by atoms with Crippen LogP contribution in [-0.2, 0) is 10.8 Å². The highest BCUT2D eigenvalue weighted by molar-refractivity contribution is 6.05. The number of carbonyl (C=O) groups excluding carboxylic acids is 1. The summed E-state index contributed by atoms with van der Waals surface area (Å²) in [6.45, 7) is 10.9. The molecule has 2 aromatic carbocycles. The maximum Gasteiger partial charge on any atom is 0.187 e. The number of ketones is 1. The van der Waals surface area contributed by atoms with Crippen LogP contribution >= 0.6 is 0 Å². The van der Waals surface area contributed by atoms with Crippen molar-refractivity contribution in [2.45, 2.75) is 45.4 Å². The Morgan fingerprint density at radius 3 is 2.16 bits per heavy atom. The molecule has 0 saturated heterocycles. The number of nitrogens with zero attached hydrogens (tertiary/aromatic N) is 1. The van der Waals surface area contributed by atoms with Crippen molar-refractivity contribution in [1.82, 2.24) is 0 Å². The number of fused-ring (bicyclic) bond motifs is 1. The predicted octanol–water partition coefficient (Wildman–Crippen LogP) is 5.48. The lowest BCUT2D eigenvalue weighted by atomic mass is 9.83. The maximum atomic E-state index is 12.8. The minimum atomic E-state index is -0.174. The molecule has 1 aliphatic heterocycles. The Morgan fingerprint density at radius 1 is 1.00 bits per heavy atom. The van der Waals surface area contributed by atoms with Gasteiger partial charge in [0, 0.05) is 35.5 Å². The molecule has 0 aliphatic carbocycles. The molecule has 1 heterocycles. The van der Waals surface area contributed by atoms with Crippen LogP contribution < -0.4 is 4.90 Å². The van der Waals surface area contributed by atoms with Crippen LogP contribution in [0.2, 0.25) is 0 Å². The molecule has 2 heteroatoms. The van der Waals surface area contributed by atoms with Crippen LogP contribution in [-0.4, -0.2) is 12.8 Å². The second-order valence-corrected chi connectivity index (χ2v) is 8.42. The number of hydrogen-bond donors (Lipinski definition) is 0. The van der Waals surface area contributed by atoms with Gasteiger partial charge in [-0.05, 0) is 22.6 Å². The third kappa shape index (κ3) is 3.02.